The number of aromatic nitrogens is 1. The third-order valence-corrected chi connectivity index (χ3v) is 2.46. The van der Waals surface area contributed by atoms with Crippen molar-refractivity contribution in [3.8, 4) is 5.75 Å². The summed E-state index contributed by atoms with van der Waals surface area (Å²) >= 11 is 0. The zero-order chi connectivity index (χ0) is 16.2. The van der Waals surface area contributed by atoms with Gasteiger partial charge in [-0.05, 0) is 6.92 Å². The Morgan fingerprint density at radius 2 is 2.00 bits per heavy atom. The quantitative estimate of drug-likeness (QED) is 0.619. The highest BCUT2D eigenvalue weighted by Crippen LogP contribution is 2.36. The molecule has 0 radical (unpaired) electrons. The highest BCUT2D eigenvalue weighted by atomic mass is 19.4. The molecular weight excluding hydrogens is 301 g/mol. The summed E-state index contributed by atoms with van der Waals surface area (Å²) in [7, 11) is 1.01. The van der Waals surface area contributed by atoms with E-state index in [0.29, 0.717) is 6.07 Å². The van der Waals surface area contributed by atoms with Gasteiger partial charge in [0.2, 0.25) is 0 Å². The standard InChI is InChI=1S/C12H12F5NO3/c1-3-21-9(19)4-6-7(20-2)5-8(12(15,16)17)18-10(6)11(13)14/h5,11H,3-4H2,1-2H3. The minimum atomic E-state index is -4.90. The lowest BCUT2D eigenvalue weighted by Gasteiger charge is -2.15. The summed E-state index contributed by atoms with van der Waals surface area (Å²) in [6.07, 6.45) is -8.84. The number of rotatable bonds is 5. The van der Waals surface area contributed by atoms with E-state index < -0.39 is 47.7 Å². The van der Waals surface area contributed by atoms with Gasteiger partial charge in [0.1, 0.15) is 17.1 Å². The first kappa shape index (κ1) is 17.1. The SMILES string of the molecule is CCOC(=O)Cc1c(OC)cc(C(F)(F)F)nc1C(F)F. The second-order valence-corrected chi connectivity index (χ2v) is 3.85. The number of ether oxygens (including phenoxy) is 2. The van der Waals surface area contributed by atoms with Crippen molar-refractivity contribution >= 4 is 5.97 Å². The lowest BCUT2D eigenvalue weighted by molar-refractivity contribution is -0.142. The first-order chi connectivity index (χ1) is 9.70. The number of alkyl halides is 5. The maximum atomic E-state index is 12.9. The van der Waals surface area contributed by atoms with Crippen molar-refractivity contribution in [2.24, 2.45) is 0 Å². The molecule has 0 unspecified atom stereocenters. The fourth-order valence-electron chi connectivity index (χ4n) is 1.61. The largest absolute Gasteiger partial charge is 0.496 e. The molecule has 0 saturated carbocycles. The lowest BCUT2D eigenvalue weighted by Crippen LogP contribution is -2.16. The van der Waals surface area contributed by atoms with Gasteiger partial charge in [-0.3, -0.25) is 4.79 Å². The summed E-state index contributed by atoms with van der Waals surface area (Å²) in [4.78, 5) is 14.3. The minimum absolute atomic E-state index is 0.0131. The molecule has 1 aromatic rings. The van der Waals surface area contributed by atoms with Gasteiger partial charge in [0.25, 0.3) is 6.43 Å². The number of carbonyl (C=O) groups is 1. The van der Waals surface area contributed by atoms with Crippen molar-refractivity contribution in [2.45, 2.75) is 25.9 Å². The molecule has 0 amide bonds. The molecule has 0 atom stereocenters. The third kappa shape index (κ3) is 4.27. The van der Waals surface area contributed by atoms with Crippen molar-refractivity contribution in [1.82, 2.24) is 4.98 Å². The number of hydrogen-bond donors (Lipinski definition) is 0. The number of halogens is 5. The Hall–Kier alpha value is -1.93. The summed E-state index contributed by atoms with van der Waals surface area (Å²) in [6.45, 7) is 1.52. The van der Waals surface area contributed by atoms with Gasteiger partial charge < -0.3 is 9.47 Å². The van der Waals surface area contributed by atoms with Gasteiger partial charge in [0.15, 0.2) is 0 Å². The third-order valence-electron chi connectivity index (χ3n) is 2.46. The second kappa shape index (κ2) is 6.68. The molecule has 21 heavy (non-hydrogen) atoms. The Balaban J connectivity index is 3.36. The van der Waals surface area contributed by atoms with Crippen LogP contribution < -0.4 is 4.74 Å². The summed E-state index contributed by atoms with van der Waals surface area (Å²) < 4.78 is 72.9. The number of methoxy groups -OCH3 is 1. The maximum absolute atomic E-state index is 12.9. The first-order valence-corrected chi connectivity index (χ1v) is 5.79. The predicted molar refractivity (Wildman–Crippen MR) is 61.1 cm³/mol. The number of nitrogens with zero attached hydrogens (tertiary/aromatic N) is 1. The van der Waals surface area contributed by atoms with Gasteiger partial charge >= 0.3 is 12.1 Å². The van der Waals surface area contributed by atoms with Crippen molar-refractivity contribution in [3.63, 3.8) is 0 Å². The number of hydrogen-bond acceptors (Lipinski definition) is 4. The van der Waals surface area contributed by atoms with Gasteiger partial charge in [0.05, 0.1) is 20.1 Å². The maximum Gasteiger partial charge on any atom is 0.433 e. The van der Waals surface area contributed by atoms with Crippen LogP contribution in [0.2, 0.25) is 0 Å². The zero-order valence-electron chi connectivity index (χ0n) is 11.1. The van der Waals surface area contributed by atoms with E-state index in [1.807, 2.05) is 0 Å². The van der Waals surface area contributed by atoms with E-state index in [1.54, 1.807) is 0 Å². The van der Waals surface area contributed by atoms with Crippen LogP contribution in [0.3, 0.4) is 0 Å². The number of pyridine rings is 1. The molecule has 0 saturated heterocycles. The lowest BCUT2D eigenvalue weighted by atomic mass is 10.1. The molecule has 0 fully saturated rings. The molecule has 1 rings (SSSR count). The van der Waals surface area contributed by atoms with Crippen molar-refractivity contribution in [2.75, 3.05) is 13.7 Å². The molecule has 0 aliphatic carbocycles. The van der Waals surface area contributed by atoms with E-state index >= 15 is 0 Å². The Kier molecular flexibility index (Phi) is 5.45. The fourth-order valence-corrected chi connectivity index (χ4v) is 1.61. The highest BCUT2D eigenvalue weighted by Gasteiger charge is 2.36. The Bertz CT molecular complexity index is 516. The van der Waals surface area contributed by atoms with Crippen LogP contribution in [0.5, 0.6) is 5.75 Å². The Morgan fingerprint density at radius 1 is 1.38 bits per heavy atom. The van der Waals surface area contributed by atoms with Gasteiger partial charge in [-0.25, -0.2) is 13.8 Å². The minimum Gasteiger partial charge on any atom is -0.496 e. The highest BCUT2D eigenvalue weighted by molar-refractivity contribution is 5.74. The molecule has 0 aliphatic heterocycles. The van der Waals surface area contributed by atoms with Crippen LogP contribution in [-0.2, 0) is 22.1 Å². The van der Waals surface area contributed by atoms with E-state index in [-0.39, 0.29) is 6.61 Å². The van der Waals surface area contributed by atoms with Crippen LogP contribution >= 0.6 is 0 Å². The van der Waals surface area contributed by atoms with Crippen LogP contribution in [0.15, 0.2) is 6.07 Å². The summed E-state index contributed by atoms with van der Waals surface area (Å²) in [6, 6.07) is 0.473. The second-order valence-electron chi connectivity index (χ2n) is 3.85. The van der Waals surface area contributed by atoms with Crippen LogP contribution in [0, 0.1) is 0 Å². The van der Waals surface area contributed by atoms with E-state index in [0.717, 1.165) is 7.11 Å². The van der Waals surface area contributed by atoms with E-state index in [4.69, 9.17) is 0 Å². The molecule has 0 N–H and O–H groups in total. The fraction of sp³-hybridized carbons (Fsp3) is 0.500. The van der Waals surface area contributed by atoms with E-state index in [1.165, 1.54) is 6.92 Å². The molecule has 0 aromatic carbocycles. The van der Waals surface area contributed by atoms with Crippen LogP contribution in [0.1, 0.15) is 30.3 Å². The molecular formula is C12H12F5NO3. The molecule has 9 heteroatoms. The summed E-state index contributed by atoms with van der Waals surface area (Å²) in [5, 5.41) is 0. The van der Waals surface area contributed by atoms with Gasteiger partial charge in [-0.1, -0.05) is 0 Å². The molecule has 0 bridgehead atoms. The van der Waals surface area contributed by atoms with E-state index in [9.17, 15) is 26.7 Å². The zero-order valence-corrected chi connectivity index (χ0v) is 11.1. The molecule has 1 heterocycles. The molecule has 1 aromatic heterocycles. The first-order valence-electron chi connectivity index (χ1n) is 5.79. The van der Waals surface area contributed by atoms with Crippen LogP contribution in [0.25, 0.3) is 0 Å². The van der Waals surface area contributed by atoms with Crippen LogP contribution in [-0.4, -0.2) is 24.7 Å². The summed E-state index contributed by atoms with van der Waals surface area (Å²) in [5.41, 5.74) is -3.07. The average molecular weight is 313 g/mol. The Morgan fingerprint density at radius 3 is 2.43 bits per heavy atom. The van der Waals surface area contributed by atoms with Crippen molar-refractivity contribution in [1.29, 1.82) is 0 Å². The molecule has 118 valence electrons. The van der Waals surface area contributed by atoms with E-state index in [2.05, 4.69) is 14.5 Å². The molecule has 4 nitrogen and oxygen atoms in total. The Labute approximate surface area is 116 Å². The normalized spacial score (nSPS) is 11.6. The topological polar surface area (TPSA) is 48.4 Å². The monoisotopic (exact) mass is 313 g/mol. The average Bonchev–Trinajstić information content (AvgIpc) is 2.37. The van der Waals surface area contributed by atoms with Gasteiger partial charge in [0, 0.05) is 11.6 Å². The number of esters is 1. The predicted octanol–water partition coefficient (Wildman–Crippen LogP) is 3.15. The van der Waals surface area contributed by atoms with Gasteiger partial charge in [-0.2, -0.15) is 13.2 Å². The summed E-state index contributed by atoms with van der Waals surface area (Å²) in [5.74, 6) is -1.35. The van der Waals surface area contributed by atoms with Crippen LogP contribution in [0.4, 0.5) is 22.0 Å². The molecule has 0 spiro atoms. The van der Waals surface area contributed by atoms with Crippen molar-refractivity contribution < 1.29 is 36.2 Å². The smallest absolute Gasteiger partial charge is 0.433 e. The number of carbonyl (C=O) groups excluding carboxylic acids is 1. The van der Waals surface area contributed by atoms with Crippen molar-refractivity contribution in [3.05, 3.63) is 23.0 Å². The molecule has 0 aliphatic rings. The van der Waals surface area contributed by atoms with Gasteiger partial charge in [-0.15, -0.1) is 0 Å².